The minimum Gasteiger partial charge on any atom is -0.462 e. The number of rotatable bonds is 11. The molecule has 172 valence electrons. The maximum absolute atomic E-state index is 13.4. The largest absolute Gasteiger partial charge is 0.462 e. The number of aromatic nitrogens is 2. The fraction of sp³-hybridized carbons (Fsp3) is 0.682. The molecule has 9 heteroatoms. The third-order valence-electron chi connectivity index (χ3n) is 5.31. The molecule has 0 aliphatic heterocycles. The van der Waals surface area contributed by atoms with Gasteiger partial charge in [0, 0.05) is 11.5 Å². The highest BCUT2D eigenvalue weighted by Crippen LogP contribution is 2.35. The first-order valence-electron chi connectivity index (χ1n) is 10.9. The fourth-order valence-electron chi connectivity index (χ4n) is 3.79. The zero-order valence-corrected chi connectivity index (χ0v) is 19.8. The van der Waals surface area contributed by atoms with Gasteiger partial charge < -0.3 is 19.1 Å². The second-order valence-corrected chi connectivity index (χ2v) is 9.30. The van der Waals surface area contributed by atoms with Crippen LogP contribution in [0.25, 0.3) is 10.2 Å². The molecule has 0 aromatic carbocycles. The van der Waals surface area contributed by atoms with Gasteiger partial charge in [-0.25, -0.2) is 4.98 Å². The molecule has 0 fully saturated rings. The van der Waals surface area contributed by atoms with Crippen LogP contribution in [0.15, 0.2) is 4.79 Å². The van der Waals surface area contributed by atoms with Crippen molar-refractivity contribution < 1.29 is 19.0 Å². The fourth-order valence-corrected chi connectivity index (χ4v) is 5.18. The molecule has 31 heavy (non-hydrogen) atoms. The average Bonchev–Trinajstić information content (AvgIpc) is 3.07. The summed E-state index contributed by atoms with van der Waals surface area (Å²) in [5.74, 6) is 0.739. The van der Waals surface area contributed by atoms with Crippen LogP contribution >= 0.6 is 11.3 Å². The quantitative estimate of drug-likeness (QED) is 0.383. The summed E-state index contributed by atoms with van der Waals surface area (Å²) in [6.45, 7) is 6.55. The Bertz CT molecular complexity index is 953. The van der Waals surface area contributed by atoms with E-state index in [-0.39, 0.29) is 18.7 Å². The van der Waals surface area contributed by atoms with E-state index in [1.165, 1.54) is 9.44 Å². The van der Waals surface area contributed by atoms with Crippen molar-refractivity contribution in [3.05, 3.63) is 26.6 Å². The molecule has 2 aromatic heterocycles. The van der Waals surface area contributed by atoms with E-state index in [1.54, 1.807) is 11.3 Å². The van der Waals surface area contributed by atoms with Crippen LogP contribution in [0.1, 0.15) is 36.5 Å². The first-order chi connectivity index (χ1) is 14.9. The second kappa shape index (κ2) is 11.2. The van der Waals surface area contributed by atoms with Gasteiger partial charge in [-0.2, -0.15) is 0 Å². The van der Waals surface area contributed by atoms with E-state index in [0.717, 1.165) is 29.7 Å². The van der Waals surface area contributed by atoms with E-state index in [4.69, 9.17) is 19.2 Å². The first kappa shape index (κ1) is 23.8. The Labute approximate surface area is 187 Å². The van der Waals surface area contributed by atoms with Crippen molar-refractivity contribution >= 4 is 27.5 Å². The molecule has 0 spiro atoms. The van der Waals surface area contributed by atoms with Gasteiger partial charge in [0.15, 0.2) is 0 Å². The van der Waals surface area contributed by atoms with Crippen LogP contribution in [-0.4, -0.2) is 67.6 Å². The standard InChI is InChI=1S/C22H33N3O5S/c1-5-28-8-9-29-10-11-30-19(26)14-25-18(13-24(3)4)23-21-20(22(25)27)16-7-6-15(2)12-17(16)31-21/h15H,5-14H2,1-4H3. The summed E-state index contributed by atoms with van der Waals surface area (Å²) in [5.41, 5.74) is 0.982. The Morgan fingerprint density at radius 1 is 1.23 bits per heavy atom. The minimum absolute atomic E-state index is 0.140. The van der Waals surface area contributed by atoms with Gasteiger partial charge in [-0.3, -0.25) is 14.2 Å². The van der Waals surface area contributed by atoms with Gasteiger partial charge in [0.05, 0.1) is 31.8 Å². The molecule has 0 bridgehead atoms. The highest BCUT2D eigenvalue weighted by molar-refractivity contribution is 7.18. The lowest BCUT2D eigenvalue weighted by molar-refractivity contribution is -0.146. The number of nitrogens with zero attached hydrogens (tertiary/aromatic N) is 3. The van der Waals surface area contributed by atoms with Crippen molar-refractivity contribution in [2.75, 3.05) is 47.1 Å². The molecule has 0 saturated heterocycles. The highest BCUT2D eigenvalue weighted by Gasteiger charge is 2.25. The van der Waals surface area contributed by atoms with Crippen molar-refractivity contribution in [3.8, 4) is 0 Å². The Kier molecular flexibility index (Phi) is 8.59. The summed E-state index contributed by atoms with van der Waals surface area (Å²) in [7, 11) is 3.83. The number of thiophene rings is 1. The van der Waals surface area contributed by atoms with Crippen molar-refractivity contribution in [2.24, 2.45) is 5.92 Å². The smallest absolute Gasteiger partial charge is 0.326 e. The third-order valence-corrected chi connectivity index (χ3v) is 6.45. The Morgan fingerprint density at radius 2 is 1.97 bits per heavy atom. The monoisotopic (exact) mass is 451 g/mol. The molecule has 8 nitrogen and oxygen atoms in total. The van der Waals surface area contributed by atoms with Gasteiger partial charge in [0.2, 0.25) is 0 Å². The topological polar surface area (TPSA) is 82.9 Å². The van der Waals surface area contributed by atoms with E-state index in [2.05, 4.69) is 6.92 Å². The second-order valence-electron chi connectivity index (χ2n) is 8.22. The molecule has 1 aliphatic carbocycles. The van der Waals surface area contributed by atoms with Crippen LogP contribution < -0.4 is 5.56 Å². The summed E-state index contributed by atoms with van der Waals surface area (Å²) < 4.78 is 17.3. The molecule has 1 aliphatic rings. The number of esters is 1. The number of ether oxygens (including phenoxy) is 3. The number of fused-ring (bicyclic) bond motifs is 3. The Balaban J connectivity index is 1.75. The number of carbonyl (C=O) groups is 1. The summed E-state index contributed by atoms with van der Waals surface area (Å²) in [6, 6.07) is 0. The molecule has 0 amide bonds. The Hall–Kier alpha value is -1.81. The van der Waals surface area contributed by atoms with Crippen LogP contribution in [0.5, 0.6) is 0 Å². The normalized spacial score (nSPS) is 16.1. The van der Waals surface area contributed by atoms with Gasteiger partial charge in [0.25, 0.3) is 5.56 Å². The maximum Gasteiger partial charge on any atom is 0.326 e. The SMILES string of the molecule is CCOCCOCCOC(=O)Cn1c(CN(C)C)nc2sc3c(c2c1=O)CCC(C)C3. The molecule has 3 rings (SSSR count). The number of aryl methyl sites for hydroxylation is 1. The average molecular weight is 452 g/mol. The lowest BCUT2D eigenvalue weighted by atomic mass is 9.89. The molecular formula is C22H33N3O5S. The summed E-state index contributed by atoms with van der Waals surface area (Å²) >= 11 is 1.63. The lowest BCUT2D eigenvalue weighted by Crippen LogP contribution is -2.32. The number of carbonyl (C=O) groups excluding carboxylic acids is 1. The summed E-state index contributed by atoms with van der Waals surface area (Å²) in [6.07, 6.45) is 2.96. The zero-order chi connectivity index (χ0) is 22.4. The Morgan fingerprint density at radius 3 is 2.71 bits per heavy atom. The predicted octanol–water partition coefficient (Wildman–Crippen LogP) is 2.24. The molecule has 0 N–H and O–H groups in total. The molecule has 0 saturated carbocycles. The van der Waals surface area contributed by atoms with Gasteiger partial charge in [-0.05, 0) is 51.8 Å². The summed E-state index contributed by atoms with van der Waals surface area (Å²) in [4.78, 5) is 34.6. The van der Waals surface area contributed by atoms with E-state index in [9.17, 15) is 9.59 Å². The van der Waals surface area contributed by atoms with Crippen molar-refractivity contribution in [1.29, 1.82) is 0 Å². The molecule has 1 atom stereocenters. The summed E-state index contributed by atoms with van der Waals surface area (Å²) in [5, 5.41) is 0.682. The van der Waals surface area contributed by atoms with Crippen LogP contribution in [-0.2, 0) is 44.9 Å². The third kappa shape index (κ3) is 6.12. The van der Waals surface area contributed by atoms with Gasteiger partial charge in [-0.1, -0.05) is 6.92 Å². The van der Waals surface area contributed by atoms with Crippen LogP contribution in [0, 0.1) is 5.92 Å². The molecule has 2 aromatic rings. The van der Waals surface area contributed by atoms with Crippen molar-refractivity contribution in [3.63, 3.8) is 0 Å². The zero-order valence-electron chi connectivity index (χ0n) is 18.9. The molecule has 2 heterocycles. The van der Waals surface area contributed by atoms with Crippen molar-refractivity contribution in [2.45, 2.75) is 46.2 Å². The van der Waals surface area contributed by atoms with E-state index in [0.29, 0.717) is 50.1 Å². The van der Waals surface area contributed by atoms with E-state index < -0.39 is 5.97 Å². The molecule has 0 radical (unpaired) electrons. The van der Waals surface area contributed by atoms with Gasteiger partial charge >= 0.3 is 5.97 Å². The van der Waals surface area contributed by atoms with Crippen LogP contribution in [0.4, 0.5) is 0 Å². The van der Waals surface area contributed by atoms with Gasteiger partial charge in [0.1, 0.15) is 23.8 Å². The van der Waals surface area contributed by atoms with Crippen molar-refractivity contribution in [1.82, 2.24) is 14.5 Å². The maximum atomic E-state index is 13.4. The molecule has 1 unspecified atom stereocenters. The lowest BCUT2D eigenvalue weighted by Gasteiger charge is -2.18. The number of hydrogen-bond donors (Lipinski definition) is 0. The first-order valence-corrected chi connectivity index (χ1v) is 11.7. The van der Waals surface area contributed by atoms with Gasteiger partial charge in [-0.15, -0.1) is 11.3 Å². The van der Waals surface area contributed by atoms with E-state index in [1.807, 2.05) is 25.9 Å². The minimum atomic E-state index is -0.464. The van der Waals surface area contributed by atoms with Crippen LogP contribution in [0.3, 0.4) is 0 Å². The molecular weight excluding hydrogens is 418 g/mol. The highest BCUT2D eigenvalue weighted by atomic mass is 32.1. The van der Waals surface area contributed by atoms with E-state index >= 15 is 0 Å². The van der Waals surface area contributed by atoms with Crippen LogP contribution in [0.2, 0.25) is 0 Å². The number of hydrogen-bond acceptors (Lipinski definition) is 8. The predicted molar refractivity (Wildman–Crippen MR) is 121 cm³/mol.